The van der Waals surface area contributed by atoms with Gasteiger partial charge < -0.3 is 14.8 Å². The van der Waals surface area contributed by atoms with Gasteiger partial charge in [-0.25, -0.2) is 4.79 Å². The molecule has 0 saturated carbocycles. The number of carbonyl (C=O) groups excluding carboxylic acids is 1. The van der Waals surface area contributed by atoms with Gasteiger partial charge in [0.2, 0.25) is 0 Å². The van der Waals surface area contributed by atoms with E-state index in [0.717, 1.165) is 11.8 Å². The molecule has 0 aliphatic heterocycles. The Hall–Kier alpha value is -0.290. The molecule has 0 aromatic carbocycles. The molecule has 0 rings (SSSR count). The molecular weight excluding hydrogens is 262 g/mol. The Morgan fingerprint density at radius 1 is 1.47 bits per heavy atom. The summed E-state index contributed by atoms with van der Waals surface area (Å²) in [7, 11) is 1.63. The second kappa shape index (κ2) is 7.06. The standard InChI is InChI=1S/C10H20BrNO3/c1-10(2,3)15-9(13)12-7-8(14-4)5-6-11/h8H,5-7H2,1-4H3,(H,12,13). The lowest BCUT2D eigenvalue weighted by molar-refractivity contribution is 0.0455. The van der Waals surface area contributed by atoms with Crippen molar-refractivity contribution in [1.29, 1.82) is 0 Å². The summed E-state index contributed by atoms with van der Waals surface area (Å²) in [5.74, 6) is 0. The molecule has 1 amide bonds. The van der Waals surface area contributed by atoms with Crippen molar-refractivity contribution in [1.82, 2.24) is 5.32 Å². The van der Waals surface area contributed by atoms with Crippen LogP contribution in [0, 0.1) is 0 Å². The number of nitrogens with one attached hydrogen (secondary N) is 1. The fraction of sp³-hybridized carbons (Fsp3) is 0.900. The number of ether oxygens (including phenoxy) is 2. The minimum absolute atomic E-state index is 0.0249. The van der Waals surface area contributed by atoms with Crippen LogP contribution in [-0.2, 0) is 9.47 Å². The lowest BCUT2D eigenvalue weighted by Crippen LogP contribution is -2.37. The minimum atomic E-state index is -0.456. The van der Waals surface area contributed by atoms with Crippen molar-refractivity contribution in [3.8, 4) is 0 Å². The first-order valence-electron chi connectivity index (χ1n) is 4.94. The number of hydrogen-bond acceptors (Lipinski definition) is 3. The van der Waals surface area contributed by atoms with Gasteiger partial charge in [-0.05, 0) is 27.2 Å². The summed E-state index contributed by atoms with van der Waals surface area (Å²) in [6, 6.07) is 0. The predicted octanol–water partition coefficient (Wildman–Crippen LogP) is 2.31. The first-order valence-corrected chi connectivity index (χ1v) is 6.07. The highest BCUT2D eigenvalue weighted by atomic mass is 79.9. The van der Waals surface area contributed by atoms with Crippen LogP contribution in [0.3, 0.4) is 0 Å². The van der Waals surface area contributed by atoms with Crippen LogP contribution in [0.5, 0.6) is 0 Å². The van der Waals surface area contributed by atoms with Crippen molar-refractivity contribution in [3.05, 3.63) is 0 Å². The maximum Gasteiger partial charge on any atom is 0.407 e. The number of amides is 1. The molecule has 0 radical (unpaired) electrons. The van der Waals surface area contributed by atoms with Gasteiger partial charge >= 0.3 is 6.09 Å². The number of alkyl halides is 1. The lowest BCUT2D eigenvalue weighted by atomic mass is 10.2. The van der Waals surface area contributed by atoms with Crippen LogP contribution >= 0.6 is 15.9 Å². The quantitative estimate of drug-likeness (QED) is 0.787. The van der Waals surface area contributed by atoms with Gasteiger partial charge in [-0.3, -0.25) is 0 Å². The molecule has 0 aliphatic rings. The van der Waals surface area contributed by atoms with Crippen LogP contribution in [0.1, 0.15) is 27.2 Å². The Morgan fingerprint density at radius 3 is 2.47 bits per heavy atom. The van der Waals surface area contributed by atoms with Crippen LogP contribution < -0.4 is 5.32 Å². The molecule has 0 saturated heterocycles. The van der Waals surface area contributed by atoms with Crippen molar-refractivity contribution in [2.45, 2.75) is 38.9 Å². The van der Waals surface area contributed by atoms with Crippen molar-refractivity contribution in [2.24, 2.45) is 0 Å². The van der Waals surface area contributed by atoms with Gasteiger partial charge in [-0.2, -0.15) is 0 Å². The van der Waals surface area contributed by atoms with Crippen LogP contribution in [0.2, 0.25) is 0 Å². The third kappa shape index (κ3) is 8.69. The zero-order valence-electron chi connectivity index (χ0n) is 9.80. The molecule has 90 valence electrons. The largest absolute Gasteiger partial charge is 0.444 e. The number of halogens is 1. The highest BCUT2D eigenvalue weighted by Gasteiger charge is 2.16. The van der Waals surface area contributed by atoms with Gasteiger partial charge in [0, 0.05) is 19.0 Å². The van der Waals surface area contributed by atoms with E-state index < -0.39 is 11.7 Å². The Labute approximate surface area is 99.8 Å². The summed E-state index contributed by atoms with van der Waals surface area (Å²) >= 11 is 3.32. The molecule has 0 spiro atoms. The summed E-state index contributed by atoms with van der Waals surface area (Å²) in [6.45, 7) is 5.97. The highest BCUT2D eigenvalue weighted by Crippen LogP contribution is 2.06. The molecule has 0 heterocycles. The van der Waals surface area contributed by atoms with Gasteiger partial charge in [-0.15, -0.1) is 0 Å². The average Bonchev–Trinajstić information content (AvgIpc) is 2.09. The molecule has 1 unspecified atom stereocenters. The van der Waals surface area contributed by atoms with Gasteiger partial charge in [-0.1, -0.05) is 15.9 Å². The van der Waals surface area contributed by atoms with E-state index in [1.807, 2.05) is 20.8 Å². The molecule has 0 fully saturated rings. The van der Waals surface area contributed by atoms with Gasteiger partial charge in [0.1, 0.15) is 5.60 Å². The number of hydrogen-bond donors (Lipinski definition) is 1. The zero-order chi connectivity index (χ0) is 11.9. The maximum absolute atomic E-state index is 11.3. The molecule has 15 heavy (non-hydrogen) atoms. The summed E-state index contributed by atoms with van der Waals surface area (Å²) in [5, 5.41) is 3.52. The number of methoxy groups -OCH3 is 1. The molecular formula is C10H20BrNO3. The second-order valence-corrected chi connectivity index (χ2v) is 5.01. The average molecular weight is 282 g/mol. The van der Waals surface area contributed by atoms with Crippen LogP contribution in [0.25, 0.3) is 0 Å². The number of alkyl carbamates (subject to hydrolysis) is 1. The molecule has 5 heteroatoms. The van der Waals surface area contributed by atoms with Crippen LogP contribution in [-0.4, -0.2) is 36.8 Å². The molecule has 0 bridgehead atoms. The Balaban J connectivity index is 3.78. The minimum Gasteiger partial charge on any atom is -0.444 e. The number of carbonyl (C=O) groups is 1. The van der Waals surface area contributed by atoms with Crippen molar-refractivity contribution >= 4 is 22.0 Å². The van der Waals surface area contributed by atoms with E-state index in [9.17, 15) is 4.79 Å². The Bertz CT molecular complexity index is 192. The van der Waals surface area contributed by atoms with Gasteiger partial charge in [0.05, 0.1) is 6.10 Å². The monoisotopic (exact) mass is 281 g/mol. The van der Waals surface area contributed by atoms with Crippen LogP contribution in [0.15, 0.2) is 0 Å². The van der Waals surface area contributed by atoms with E-state index in [-0.39, 0.29) is 6.10 Å². The molecule has 4 nitrogen and oxygen atoms in total. The second-order valence-electron chi connectivity index (χ2n) is 4.22. The smallest absolute Gasteiger partial charge is 0.407 e. The topological polar surface area (TPSA) is 47.6 Å². The van der Waals surface area contributed by atoms with Crippen LogP contribution in [0.4, 0.5) is 4.79 Å². The molecule has 0 aromatic heterocycles. The Morgan fingerprint density at radius 2 is 2.07 bits per heavy atom. The van der Waals surface area contributed by atoms with Crippen molar-refractivity contribution in [3.63, 3.8) is 0 Å². The van der Waals surface area contributed by atoms with E-state index in [2.05, 4.69) is 21.2 Å². The van der Waals surface area contributed by atoms with E-state index in [0.29, 0.717) is 6.54 Å². The fourth-order valence-corrected chi connectivity index (χ4v) is 1.45. The summed E-state index contributed by atoms with van der Waals surface area (Å²) < 4.78 is 10.3. The normalized spacial score (nSPS) is 13.4. The molecule has 0 aliphatic carbocycles. The molecule has 0 aromatic rings. The maximum atomic E-state index is 11.3. The Kier molecular flexibility index (Phi) is 6.92. The highest BCUT2D eigenvalue weighted by molar-refractivity contribution is 9.09. The first-order chi connectivity index (χ1) is 6.89. The third-order valence-electron chi connectivity index (χ3n) is 1.64. The molecule has 1 N–H and O–H groups in total. The fourth-order valence-electron chi connectivity index (χ4n) is 0.936. The van der Waals surface area contributed by atoms with Gasteiger partial charge in [0.15, 0.2) is 0 Å². The van der Waals surface area contributed by atoms with Crippen molar-refractivity contribution < 1.29 is 14.3 Å². The lowest BCUT2D eigenvalue weighted by Gasteiger charge is -2.21. The van der Waals surface area contributed by atoms with E-state index in [1.54, 1.807) is 7.11 Å². The zero-order valence-corrected chi connectivity index (χ0v) is 11.4. The molecule has 1 atom stereocenters. The van der Waals surface area contributed by atoms with E-state index in [4.69, 9.17) is 9.47 Å². The summed E-state index contributed by atoms with van der Waals surface area (Å²) in [6.07, 6.45) is 0.475. The third-order valence-corrected chi connectivity index (χ3v) is 2.10. The van der Waals surface area contributed by atoms with Crippen molar-refractivity contribution in [2.75, 3.05) is 19.0 Å². The predicted molar refractivity (Wildman–Crippen MR) is 63.4 cm³/mol. The van der Waals surface area contributed by atoms with E-state index in [1.165, 1.54) is 0 Å². The number of rotatable bonds is 5. The van der Waals surface area contributed by atoms with E-state index >= 15 is 0 Å². The van der Waals surface area contributed by atoms with Gasteiger partial charge in [0.25, 0.3) is 0 Å². The summed E-state index contributed by atoms with van der Waals surface area (Å²) in [4.78, 5) is 11.3. The SMILES string of the molecule is COC(CCBr)CNC(=O)OC(C)(C)C. The first kappa shape index (κ1) is 14.7. The summed E-state index contributed by atoms with van der Waals surface area (Å²) in [5.41, 5.74) is -0.456.